The SMILES string of the molecule is CCOc1ccc(C(=O)Nc2cccc(CS(=O)(=O)c3ccccc3)c2)cc1. The van der Waals surface area contributed by atoms with Crippen molar-refractivity contribution in [2.24, 2.45) is 0 Å². The highest BCUT2D eigenvalue weighted by Gasteiger charge is 2.15. The van der Waals surface area contributed by atoms with Gasteiger partial charge in [-0.3, -0.25) is 4.79 Å². The molecular weight excluding hydrogens is 374 g/mol. The number of carbonyl (C=O) groups is 1. The highest BCUT2D eigenvalue weighted by Crippen LogP contribution is 2.19. The molecule has 0 spiro atoms. The molecule has 0 saturated carbocycles. The van der Waals surface area contributed by atoms with Crippen LogP contribution in [0.2, 0.25) is 0 Å². The summed E-state index contributed by atoms with van der Waals surface area (Å²) in [6.07, 6.45) is 0. The van der Waals surface area contributed by atoms with Gasteiger partial charge in [-0.15, -0.1) is 0 Å². The van der Waals surface area contributed by atoms with Gasteiger partial charge in [0.2, 0.25) is 0 Å². The smallest absolute Gasteiger partial charge is 0.255 e. The van der Waals surface area contributed by atoms with Crippen molar-refractivity contribution in [3.63, 3.8) is 0 Å². The average Bonchev–Trinajstić information content (AvgIpc) is 2.69. The van der Waals surface area contributed by atoms with Gasteiger partial charge in [-0.25, -0.2) is 8.42 Å². The van der Waals surface area contributed by atoms with E-state index in [1.165, 1.54) is 0 Å². The Hall–Kier alpha value is -3.12. The molecule has 0 heterocycles. The first-order chi connectivity index (χ1) is 13.5. The van der Waals surface area contributed by atoms with Crippen LogP contribution in [0.3, 0.4) is 0 Å². The van der Waals surface area contributed by atoms with Gasteiger partial charge in [-0.05, 0) is 61.0 Å². The topological polar surface area (TPSA) is 72.5 Å². The van der Waals surface area contributed by atoms with Crippen molar-refractivity contribution in [1.82, 2.24) is 0 Å². The summed E-state index contributed by atoms with van der Waals surface area (Å²) in [5, 5.41) is 2.80. The van der Waals surface area contributed by atoms with Crippen LogP contribution in [0.1, 0.15) is 22.8 Å². The molecule has 144 valence electrons. The maximum Gasteiger partial charge on any atom is 0.255 e. The zero-order chi connectivity index (χ0) is 20.0. The highest BCUT2D eigenvalue weighted by molar-refractivity contribution is 7.90. The third kappa shape index (κ3) is 4.98. The van der Waals surface area contributed by atoms with Crippen LogP contribution in [0.15, 0.2) is 83.8 Å². The number of nitrogens with one attached hydrogen (secondary N) is 1. The van der Waals surface area contributed by atoms with E-state index < -0.39 is 9.84 Å². The first-order valence-electron chi connectivity index (χ1n) is 8.89. The molecule has 5 nitrogen and oxygen atoms in total. The lowest BCUT2D eigenvalue weighted by molar-refractivity contribution is 0.102. The zero-order valence-corrected chi connectivity index (χ0v) is 16.3. The Morgan fingerprint density at radius 3 is 2.32 bits per heavy atom. The number of benzene rings is 3. The van der Waals surface area contributed by atoms with E-state index in [1.54, 1.807) is 78.9 Å². The molecule has 0 bridgehead atoms. The van der Waals surface area contributed by atoms with Gasteiger partial charge in [-0.2, -0.15) is 0 Å². The lowest BCUT2D eigenvalue weighted by Crippen LogP contribution is -2.12. The largest absolute Gasteiger partial charge is 0.494 e. The first-order valence-corrected chi connectivity index (χ1v) is 10.5. The predicted molar refractivity (Wildman–Crippen MR) is 109 cm³/mol. The van der Waals surface area contributed by atoms with Crippen LogP contribution in [0.4, 0.5) is 5.69 Å². The van der Waals surface area contributed by atoms with Gasteiger partial charge in [0.05, 0.1) is 17.3 Å². The van der Waals surface area contributed by atoms with Crippen LogP contribution in [0.25, 0.3) is 0 Å². The molecule has 0 atom stereocenters. The van der Waals surface area contributed by atoms with Crippen LogP contribution in [-0.2, 0) is 15.6 Å². The monoisotopic (exact) mass is 395 g/mol. The Labute approximate surface area is 164 Å². The molecule has 0 aliphatic carbocycles. The molecule has 0 saturated heterocycles. The van der Waals surface area contributed by atoms with Crippen molar-refractivity contribution >= 4 is 21.4 Å². The van der Waals surface area contributed by atoms with Crippen molar-refractivity contribution in [3.8, 4) is 5.75 Å². The quantitative estimate of drug-likeness (QED) is 0.647. The zero-order valence-electron chi connectivity index (χ0n) is 15.5. The van der Waals surface area contributed by atoms with E-state index in [-0.39, 0.29) is 16.6 Å². The van der Waals surface area contributed by atoms with E-state index in [0.717, 1.165) is 0 Å². The third-order valence-corrected chi connectivity index (χ3v) is 5.78. The summed E-state index contributed by atoms with van der Waals surface area (Å²) in [7, 11) is -3.45. The minimum Gasteiger partial charge on any atom is -0.494 e. The van der Waals surface area contributed by atoms with Gasteiger partial charge in [0.25, 0.3) is 5.91 Å². The van der Waals surface area contributed by atoms with Gasteiger partial charge in [0.1, 0.15) is 5.75 Å². The van der Waals surface area contributed by atoms with E-state index in [0.29, 0.717) is 29.2 Å². The maximum absolute atomic E-state index is 12.5. The van der Waals surface area contributed by atoms with Gasteiger partial charge in [0, 0.05) is 11.3 Å². The maximum atomic E-state index is 12.5. The van der Waals surface area contributed by atoms with Gasteiger partial charge in [0.15, 0.2) is 9.84 Å². The van der Waals surface area contributed by atoms with Crippen molar-refractivity contribution < 1.29 is 17.9 Å². The molecule has 3 aromatic carbocycles. The minimum atomic E-state index is -3.45. The molecule has 0 aromatic heterocycles. The summed E-state index contributed by atoms with van der Waals surface area (Å²) in [4.78, 5) is 12.7. The van der Waals surface area contributed by atoms with E-state index in [1.807, 2.05) is 6.92 Å². The Morgan fingerprint density at radius 1 is 0.929 bits per heavy atom. The molecule has 1 amide bonds. The number of anilines is 1. The molecular formula is C22H21NO4S. The van der Waals surface area contributed by atoms with Crippen molar-refractivity contribution in [1.29, 1.82) is 0 Å². The average molecular weight is 395 g/mol. The third-order valence-electron chi connectivity index (χ3n) is 4.07. The van der Waals surface area contributed by atoms with E-state index in [9.17, 15) is 13.2 Å². The standard InChI is InChI=1S/C22H21NO4S/c1-2-27-20-13-11-18(12-14-20)22(24)23-19-8-6-7-17(15-19)16-28(25,26)21-9-4-3-5-10-21/h3-15H,2,16H2,1H3,(H,23,24). The number of amides is 1. The molecule has 0 unspecified atom stereocenters. The second-order valence-corrected chi connectivity index (χ2v) is 8.17. The Balaban J connectivity index is 1.72. The fourth-order valence-electron chi connectivity index (χ4n) is 2.74. The second kappa shape index (κ2) is 8.71. The number of hydrogen-bond donors (Lipinski definition) is 1. The molecule has 1 N–H and O–H groups in total. The van der Waals surface area contributed by atoms with Crippen LogP contribution >= 0.6 is 0 Å². The van der Waals surface area contributed by atoms with E-state index in [4.69, 9.17) is 4.74 Å². The molecule has 0 radical (unpaired) electrons. The van der Waals surface area contributed by atoms with Gasteiger partial charge >= 0.3 is 0 Å². The van der Waals surface area contributed by atoms with E-state index in [2.05, 4.69) is 5.32 Å². The number of carbonyl (C=O) groups excluding carboxylic acids is 1. The van der Waals surface area contributed by atoms with Crippen molar-refractivity contribution in [2.75, 3.05) is 11.9 Å². The van der Waals surface area contributed by atoms with Crippen LogP contribution in [0, 0.1) is 0 Å². The summed E-state index contributed by atoms with van der Waals surface area (Å²) >= 11 is 0. The Bertz CT molecular complexity index is 1050. The summed E-state index contributed by atoms with van der Waals surface area (Å²) in [5.74, 6) is 0.294. The highest BCUT2D eigenvalue weighted by atomic mass is 32.2. The number of rotatable bonds is 7. The Morgan fingerprint density at radius 2 is 1.64 bits per heavy atom. The van der Waals surface area contributed by atoms with Crippen molar-refractivity contribution in [2.45, 2.75) is 17.6 Å². The molecule has 3 aromatic rings. The van der Waals surface area contributed by atoms with E-state index >= 15 is 0 Å². The molecule has 3 rings (SSSR count). The number of hydrogen-bond acceptors (Lipinski definition) is 4. The molecule has 0 aliphatic rings. The Kier molecular flexibility index (Phi) is 6.11. The fraction of sp³-hybridized carbons (Fsp3) is 0.136. The molecule has 6 heteroatoms. The number of sulfone groups is 1. The normalized spacial score (nSPS) is 11.0. The summed E-state index contributed by atoms with van der Waals surface area (Å²) in [6.45, 7) is 2.45. The lowest BCUT2D eigenvalue weighted by Gasteiger charge is -2.09. The molecule has 0 aliphatic heterocycles. The summed E-state index contributed by atoms with van der Waals surface area (Å²) in [6, 6.07) is 22.0. The minimum absolute atomic E-state index is 0.135. The molecule has 0 fully saturated rings. The van der Waals surface area contributed by atoms with Gasteiger partial charge < -0.3 is 10.1 Å². The van der Waals surface area contributed by atoms with Gasteiger partial charge in [-0.1, -0.05) is 30.3 Å². The second-order valence-electron chi connectivity index (χ2n) is 6.18. The number of ether oxygens (including phenoxy) is 1. The summed E-state index contributed by atoms with van der Waals surface area (Å²) < 4.78 is 30.5. The first kappa shape index (κ1) is 19.6. The fourth-order valence-corrected chi connectivity index (χ4v) is 4.10. The summed E-state index contributed by atoms with van der Waals surface area (Å²) in [5.41, 5.74) is 1.64. The van der Waals surface area contributed by atoms with Crippen LogP contribution in [-0.4, -0.2) is 20.9 Å². The van der Waals surface area contributed by atoms with Crippen LogP contribution in [0.5, 0.6) is 5.75 Å². The lowest BCUT2D eigenvalue weighted by atomic mass is 10.2. The van der Waals surface area contributed by atoms with Crippen LogP contribution < -0.4 is 10.1 Å². The molecule has 28 heavy (non-hydrogen) atoms. The van der Waals surface area contributed by atoms with Crippen molar-refractivity contribution in [3.05, 3.63) is 90.0 Å². The predicted octanol–water partition coefficient (Wildman–Crippen LogP) is 4.31.